The summed E-state index contributed by atoms with van der Waals surface area (Å²) in [4.78, 5) is 11.9. The maximum absolute atomic E-state index is 11.9. The molecule has 0 aliphatic heterocycles. The molecule has 3 saturated carbocycles. The zero-order valence-electron chi connectivity index (χ0n) is 15.0. The first-order valence-electron chi connectivity index (χ1n) is 9.45. The lowest BCUT2D eigenvalue weighted by Crippen LogP contribution is -2.61. The number of rotatable bonds is 0. The standard InChI is InChI=1S/C20H30O4/c1-18-7-4-11(21)10-14(18)16(22)17(23)15-12(18)5-8-19(2)13(15)6-9-20(19,3)24/h10,12-13,15-17,22-24H,4-9H2,1-3H3/t12-,13-,15+,16-,17+,18+,19-,20-/m0/s1. The lowest BCUT2D eigenvalue weighted by atomic mass is 9.45. The minimum Gasteiger partial charge on any atom is -0.390 e. The van der Waals surface area contributed by atoms with Crippen LogP contribution in [-0.4, -0.2) is 38.9 Å². The smallest absolute Gasteiger partial charge is 0.155 e. The van der Waals surface area contributed by atoms with Gasteiger partial charge in [-0.05, 0) is 79.3 Å². The van der Waals surface area contributed by atoms with E-state index < -0.39 is 17.8 Å². The third kappa shape index (κ3) is 1.88. The van der Waals surface area contributed by atoms with Crippen LogP contribution in [0.4, 0.5) is 0 Å². The molecule has 3 N–H and O–H groups in total. The largest absolute Gasteiger partial charge is 0.390 e. The molecule has 0 unspecified atom stereocenters. The van der Waals surface area contributed by atoms with Gasteiger partial charge in [0.25, 0.3) is 0 Å². The van der Waals surface area contributed by atoms with Gasteiger partial charge in [-0.3, -0.25) is 4.79 Å². The van der Waals surface area contributed by atoms with E-state index in [0.29, 0.717) is 6.42 Å². The molecule has 0 heterocycles. The predicted molar refractivity (Wildman–Crippen MR) is 90.1 cm³/mol. The summed E-state index contributed by atoms with van der Waals surface area (Å²) in [6.45, 7) is 6.27. The van der Waals surface area contributed by atoms with Crippen LogP contribution in [0, 0.1) is 28.6 Å². The van der Waals surface area contributed by atoms with E-state index in [1.165, 1.54) is 0 Å². The van der Waals surface area contributed by atoms with Crippen molar-refractivity contribution in [1.82, 2.24) is 0 Å². The fourth-order valence-electron chi connectivity index (χ4n) is 6.81. The van der Waals surface area contributed by atoms with Crippen molar-refractivity contribution in [3.63, 3.8) is 0 Å². The van der Waals surface area contributed by atoms with Gasteiger partial charge in [-0.1, -0.05) is 13.8 Å². The van der Waals surface area contributed by atoms with Gasteiger partial charge in [-0.25, -0.2) is 0 Å². The Morgan fingerprint density at radius 3 is 2.42 bits per heavy atom. The van der Waals surface area contributed by atoms with Gasteiger partial charge >= 0.3 is 0 Å². The molecule has 3 fully saturated rings. The molecule has 8 atom stereocenters. The summed E-state index contributed by atoms with van der Waals surface area (Å²) >= 11 is 0. The highest BCUT2D eigenvalue weighted by atomic mass is 16.3. The van der Waals surface area contributed by atoms with Crippen molar-refractivity contribution < 1.29 is 20.1 Å². The summed E-state index contributed by atoms with van der Waals surface area (Å²) in [7, 11) is 0. The molecule has 0 saturated heterocycles. The summed E-state index contributed by atoms with van der Waals surface area (Å²) in [5, 5.41) is 32.7. The summed E-state index contributed by atoms with van der Waals surface area (Å²) in [6.07, 6.45) is 4.68. The molecule has 0 spiro atoms. The first-order chi connectivity index (χ1) is 11.1. The van der Waals surface area contributed by atoms with E-state index in [0.717, 1.165) is 37.7 Å². The number of hydrogen-bond donors (Lipinski definition) is 3. The molecule has 0 aromatic carbocycles. The number of aliphatic hydroxyl groups is 3. The number of aliphatic hydroxyl groups excluding tert-OH is 2. The Kier molecular flexibility index (Phi) is 3.44. The minimum atomic E-state index is -0.951. The zero-order chi connectivity index (χ0) is 17.5. The number of hydrogen-bond acceptors (Lipinski definition) is 4. The van der Waals surface area contributed by atoms with Gasteiger partial charge in [0.05, 0.1) is 11.7 Å². The maximum atomic E-state index is 11.9. The van der Waals surface area contributed by atoms with E-state index in [4.69, 9.17) is 0 Å². The van der Waals surface area contributed by atoms with Crippen molar-refractivity contribution in [2.45, 2.75) is 77.1 Å². The van der Waals surface area contributed by atoms with Crippen LogP contribution in [0.3, 0.4) is 0 Å². The molecule has 24 heavy (non-hydrogen) atoms. The van der Waals surface area contributed by atoms with Crippen LogP contribution in [0.25, 0.3) is 0 Å². The molecule has 0 aromatic heterocycles. The normalized spacial score (nSPS) is 57.0. The third-order valence-electron chi connectivity index (χ3n) is 8.62. The van der Waals surface area contributed by atoms with Crippen molar-refractivity contribution in [3.05, 3.63) is 11.6 Å². The SMILES string of the molecule is C[C@]12CCC(=O)C=C1[C@H](O)[C@H](O)[C@@H]1[C@@H]2CC[C@@]2(C)[C@H]1CC[C@]2(C)O. The predicted octanol–water partition coefficient (Wildman–Crippen LogP) is 2.21. The second kappa shape index (κ2) is 4.93. The number of carbonyl (C=O) groups excluding carboxylic acids is 1. The molecule has 0 amide bonds. The molecule has 0 bridgehead atoms. The van der Waals surface area contributed by atoms with E-state index in [9.17, 15) is 20.1 Å². The van der Waals surface area contributed by atoms with Crippen molar-refractivity contribution in [1.29, 1.82) is 0 Å². The Balaban J connectivity index is 1.79. The average molecular weight is 334 g/mol. The van der Waals surface area contributed by atoms with Gasteiger partial charge in [0.2, 0.25) is 0 Å². The molecule has 0 radical (unpaired) electrons. The van der Waals surface area contributed by atoms with Crippen molar-refractivity contribution >= 4 is 5.78 Å². The fourth-order valence-corrected chi connectivity index (χ4v) is 6.81. The Morgan fingerprint density at radius 2 is 1.71 bits per heavy atom. The molecule has 4 nitrogen and oxygen atoms in total. The second-order valence-corrected chi connectivity index (χ2v) is 9.48. The van der Waals surface area contributed by atoms with Crippen LogP contribution in [0.15, 0.2) is 11.6 Å². The van der Waals surface area contributed by atoms with Crippen LogP contribution in [0.1, 0.15) is 59.3 Å². The highest BCUT2D eigenvalue weighted by Crippen LogP contribution is 2.67. The molecular weight excluding hydrogens is 304 g/mol. The van der Waals surface area contributed by atoms with Gasteiger partial charge in [0.15, 0.2) is 5.78 Å². The number of carbonyl (C=O) groups is 1. The zero-order valence-corrected chi connectivity index (χ0v) is 15.0. The van der Waals surface area contributed by atoms with Gasteiger partial charge < -0.3 is 15.3 Å². The Bertz CT molecular complexity index is 609. The van der Waals surface area contributed by atoms with Crippen molar-refractivity contribution in [2.75, 3.05) is 0 Å². The number of fused-ring (bicyclic) bond motifs is 5. The van der Waals surface area contributed by atoms with Crippen LogP contribution in [-0.2, 0) is 4.79 Å². The topological polar surface area (TPSA) is 77.8 Å². The third-order valence-corrected chi connectivity index (χ3v) is 8.62. The molecule has 4 rings (SSSR count). The molecular formula is C20H30O4. The molecule has 4 aliphatic rings. The van der Waals surface area contributed by atoms with E-state index >= 15 is 0 Å². The summed E-state index contributed by atoms with van der Waals surface area (Å²) in [5.41, 5.74) is -0.350. The van der Waals surface area contributed by atoms with Crippen LogP contribution < -0.4 is 0 Å². The Labute approximate surface area is 144 Å². The van der Waals surface area contributed by atoms with Crippen LogP contribution in [0.2, 0.25) is 0 Å². The highest BCUT2D eigenvalue weighted by molar-refractivity contribution is 5.92. The average Bonchev–Trinajstić information content (AvgIpc) is 2.77. The first-order valence-corrected chi connectivity index (χ1v) is 9.45. The second-order valence-electron chi connectivity index (χ2n) is 9.48. The highest BCUT2D eigenvalue weighted by Gasteiger charge is 2.65. The fraction of sp³-hybridized carbons (Fsp3) is 0.850. The van der Waals surface area contributed by atoms with Crippen LogP contribution in [0.5, 0.6) is 0 Å². The van der Waals surface area contributed by atoms with Gasteiger partial charge in [0.1, 0.15) is 6.10 Å². The van der Waals surface area contributed by atoms with E-state index in [1.54, 1.807) is 6.08 Å². The lowest BCUT2D eigenvalue weighted by molar-refractivity contribution is -0.170. The lowest BCUT2D eigenvalue weighted by Gasteiger charge is -2.61. The summed E-state index contributed by atoms with van der Waals surface area (Å²) in [6, 6.07) is 0. The molecule has 134 valence electrons. The van der Waals surface area contributed by atoms with Crippen molar-refractivity contribution in [2.24, 2.45) is 28.6 Å². The first kappa shape index (κ1) is 16.7. The van der Waals surface area contributed by atoms with Crippen molar-refractivity contribution in [3.8, 4) is 0 Å². The van der Waals surface area contributed by atoms with Crippen LogP contribution >= 0.6 is 0 Å². The molecule has 0 aromatic rings. The number of ketones is 1. The van der Waals surface area contributed by atoms with E-state index in [-0.39, 0.29) is 34.4 Å². The quantitative estimate of drug-likeness (QED) is 0.635. The van der Waals surface area contributed by atoms with E-state index in [1.807, 2.05) is 6.92 Å². The minimum absolute atomic E-state index is 0.00285. The monoisotopic (exact) mass is 334 g/mol. The summed E-state index contributed by atoms with van der Waals surface area (Å²) < 4.78 is 0. The summed E-state index contributed by atoms with van der Waals surface area (Å²) in [5.74, 6) is 0.578. The van der Waals surface area contributed by atoms with Gasteiger partial charge in [0, 0.05) is 6.42 Å². The van der Waals surface area contributed by atoms with E-state index in [2.05, 4.69) is 13.8 Å². The van der Waals surface area contributed by atoms with Gasteiger partial charge in [-0.15, -0.1) is 0 Å². The Morgan fingerprint density at radius 1 is 1.04 bits per heavy atom. The van der Waals surface area contributed by atoms with Gasteiger partial charge in [-0.2, -0.15) is 0 Å². The maximum Gasteiger partial charge on any atom is 0.155 e. The Hall–Kier alpha value is -0.710. The molecule has 4 aliphatic carbocycles. The molecule has 4 heteroatoms.